The van der Waals surface area contributed by atoms with E-state index in [1.807, 2.05) is 13.8 Å². The Morgan fingerprint density at radius 2 is 1.73 bits per heavy atom. The van der Waals surface area contributed by atoms with Gasteiger partial charge in [-0.25, -0.2) is 0 Å². The molecule has 30 heavy (non-hydrogen) atoms. The fourth-order valence-corrected chi connectivity index (χ4v) is 6.12. The number of carbonyl (C=O) groups is 1. The molecule has 3 rings (SSSR count). The molecule has 3 fully saturated rings. The second-order valence-electron chi connectivity index (χ2n) is 9.64. The molecular formula is C22H40N2O5S. The highest BCUT2D eigenvalue weighted by Gasteiger charge is 2.47. The summed E-state index contributed by atoms with van der Waals surface area (Å²) in [5.41, 5.74) is -0.643. The van der Waals surface area contributed by atoms with Gasteiger partial charge >= 0.3 is 0 Å². The number of ether oxygens (including phenoxy) is 1. The summed E-state index contributed by atoms with van der Waals surface area (Å²) in [5.74, 6) is 1.26. The molecule has 174 valence electrons. The number of piperidine rings is 1. The molecule has 5 N–H and O–H groups in total. The van der Waals surface area contributed by atoms with Crippen molar-refractivity contribution in [3.05, 3.63) is 0 Å². The number of amides is 1. The Bertz CT molecular complexity index is 558. The maximum Gasteiger partial charge on any atom is 0.237 e. The van der Waals surface area contributed by atoms with Gasteiger partial charge in [0.2, 0.25) is 5.91 Å². The first-order chi connectivity index (χ1) is 14.3. The van der Waals surface area contributed by atoms with Crippen LogP contribution >= 0.6 is 11.8 Å². The van der Waals surface area contributed by atoms with Gasteiger partial charge in [0.25, 0.3) is 0 Å². The van der Waals surface area contributed by atoms with Crippen LogP contribution < -0.4 is 10.6 Å². The van der Waals surface area contributed by atoms with Crippen molar-refractivity contribution in [3.8, 4) is 0 Å². The molecule has 8 unspecified atom stereocenters. The number of carbonyl (C=O) groups excluding carboxylic acids is 1. The van der Waals surface area contributed by atoms with Gasteiger partial charge in [-0.05, 0) is 43.4 Å². The summed E-state index contributed by atoms with van der Waals surface area (Å²) in [6.07, 6.45) is 5.79. The van der Waals surface area contributed by atoms with E-state index >= 15 is 0 Å². The van der Waals surface area contributed by atoms with Crippen molar-refractivity contribution >= 4 is 17.7 Å². The van der Waals surface area contributed by atoms with E-state index in [9.17, 15) is 20.1 Å². The largest absolute Gasteiger partial charge is 0.388 e. The second kappa shape index (κ2) is 11.0. The molecule has 8 atom stereocenters. The van der Waals surface area contributed by atoms with Crippen LogP contribution in [0.15, 0.2) is 0 Å². The lowest BCUT2D eigenvalue weighted by molar-refractivity contribution is -0.208. The summed E-state index contributed by atoms with van der Waals surface area (Å²) < 4.78 is 5.93. The predicted octanol–water partition coefficient (Wildman–Crippen LogP) is 1.25. The highest BCUT2D eigenvalue weighted by Crippen LogP contribution is 2.36. The molecule has 1 saturated carbocycles. The van der Waals surface area contributed by atoms with Crippen molar-refractivity contribution in [2.45, 2.75) is 101 Å². The molecule has 0 aromatic heterocycles. The molecule has 1 amide bonds. The van der Waals surface area contributed by atoms with Crippen molar-refractivity contribution in [1.82, 2.24) is 10.6 Å². The smallest absolute Gasteiger partial charge is 0.237 e. The van der Waals surface area contributed by atoms with Crippen LogP contribution in [0.1, 0.15) is 58.8 Å². The van der Waals surface area contributed by atoms with Gasteiger partial charge in [-0.2, -0.15) is 0 Å². The van der Waals surface area contributed by atoms with Gasteiger partial charge < -0.3 is 30.7 Å². The molecule has 8 heteroatoms. The maximum atomic E-state index is 13.2. The van der Waals surface area contributed by atoms with Gasteiger partial charge in [0.15, 0.2) is 0 Å². The topological polar surface area (TPSA) is 111 Å². The van der Waals surface area contributed by atoms with Crippen LogP contribution in [0.5, 0.6) is 0 Å². The van der Waals surface area contributed by atoms with Gasteiger partial charge in [0.05, 0.1) is 12.1 Å². The summed E-state index contributed by atoms with van der Waals surface area (Å²) in [5, 5.41) is 37.5. The van der Waals surface area contributed by atoms with E-state index in [0.29, 0.717) is 5.92 Å². The number of nitrogens with one attached hydrogen (secondary N) is 2. The van der Waals surface area contributed by atoms with Crippen molar-refractivity contribution in [2.75, 3.05) is 12.8 Å². The molecule has 0 aromatic rings. The maximum absolute atomic E-state index is 13.2. The van der Waals surface area contributed by atoms with E-state index in [0.717, 1.165) is 25.3 Å². The third-order valence-corrected chi connectivity index (χ3v) is 8.15. The Morgan fingerprint density at radius 1 is 1.03 bits per heavy atom. The van der Waals surface area contributed by atoms with Gasteiger partial charge in [0.1, 0.15) is 29.9 Å². The standard InChI is InChI=1S/C22H40N2O5S/c1-12(2)16(20-18(26)17(25)19(27)22(29-20)30-3)24-21(28)15-11-14(9-10-23-15)13-7-5-4-6-8-13/h12-20,22-23,25-27H,4-11H2,1-3H3,(H,24,28). The van der Waals surface area contributed by atoms with Crippen LogP contribution in [0.4, 0.5) is 0 Å². The van der Waals surface area contributed by atoms with E-state index in [1.54, 1.807) is 6.26 Å². The summed E-state index contributed by atoms with van der Waals surface area (Å²) in [6, 6.07) is -0.694. The van der Waals surface area contributed by atoms with Crippen molar-refractivity contribution < 1.29 is 24.9 Å². The molecule has 2 saturated heterocycles. The van der Waals surface area contributed by atoms with Gasteiger partial charge in [0, 0.05) is 0 Å². The Balaban J connectivity index is 1.64. The predicted molar refractivity (Wildman–Crippen MR) is 118 cm³/mol. The molecule has 0 aromatic carbocycles. The highest BCUT2D eigenvalue weighted by molar-refractivity contribution is 7.99. The number of hydrogen-bond acceptors (Lipinski definition) is 7. The number of aliphatic hydroxyl groups excluding tert-OH is 3. The van der Waals surface area contributed by atoms with Crippen molar-refractivity contribution in [2.24, 2.45) is 17.8 Å². The monoisotopic (exact) mass is 444 g/mol. The molecular weight excluding hydrogens is 404 g/mol. The third-order valence-electron chi connectivity index (χ3n) is 7.30. The molecule has 3 aliphatic rings. The van der Waals surface area contributed by atoms with E-state index in [4.69, 9.17) is 4.74 Å². The molecule has 2 aliphatic heterocycles. The number of thioether (sulfide) groups is 1. The van der Waals surface area contributed by atoms with Crippen LogP contribution in [0.2, 0.25) is 0 Å². The summed E-state index contributed by atoms with van der Waals surface area (Å²) in [7, 11) is 0. The second-order valence-corrected chi connectivity index (χ2v) is 10.6. The zero-order valence-corrected chi connectivity index (χ0v) is 19.3. The Morgan fingerprint density at radius 3 is 2.37 bits per heavy atom. The van der Waals surface area contributed by atoms with Crippen LogP contribution in [-0.4, -0.2) is 76.0 Å². The van der Waals surface area contributed by atoms with E-state index in [-0.39, 0.29) is 17.9 Å². The SMILES string of the molecule is CSC1OC(C(NC(=O)C2CC(C3CCCCC3)CCN2)C(C)C)C(O)C(O)C1O. The van der Waals surface area contributed by atoms with Crippen LogP contribution in [0.3, 0.4) is 0 Å². The van der Waals surface area contributed by atoms with E-state index < -0.39 is 35.9 Å². The highest BCUT2D eigenvalue weighted by atomic mass is 32.2. The minimum Gasteiger partial charge on any atom is -0.388 e. The summed E-state index contributed by atoms with van der Waals surface area (Å²) in [6.45, 7) is 4.78. The molecule has 0 radical (unpaired) electrons. The summed E-state index contributed by atoms with van der Waals surface area (Å²) in [4.78, 5) is 13.2. The Hall–Kier alpha value is -0.380. The van der Waals surface area contributed by atoms with Crippen molar-refractivity contribution in [3.63, 3.8) is 0 Å². The van der Waals surface area contributed by atoms with Crippen molar-refractivity contribution in [1.29, 1.82) is 0 Å². The molecule has 1 aliphatic carbocycles. The number of hydrogen-bond donors (Lipinski definition) is 5. The molecule has 7 nitrogen and oxygen atoms in total. The van der Waals surface area contributed by atoms with Gasteiger partial charge in [-0.1, -0.05) is 46.0 Å². The first-order valence-corrected chi connectivity index (χ1v) is 12.9. The normalized spacial score (nSPS) is 39.6. The number of aliphatic hydroxyl groups is 3. The molecule has 0 bridgehead atoms. The van der Waals surface area contributed by atoms with Crippen LogP contribution in [-0.2, 0) is 9.53 Å². The Labute approximate surface area is 184 Å². The lowest BCUT2D eigenvalue weighted by Crippen LogP contribution is -2.65. The third kappa shape index (κ3) is 5.51. The average Bonchev–Trinajstić information content (AvgIpc) is 2.77. The molecule has 2 heterocycles. The quantitative estimate of drug-likeness (QED) is 0.419. The van der Waals surface area contributed by atoms with Crippen LogP contribution in [0.25, 0.3) is 0 Å². The lowest BCUT2D eigenvalue weighted by atomic mass is 9.74. The summed E-state index contributed by atoms with van der Waals surface area (Å²) >= 11 is 1.29. The van der Waals surface area contributed by atoms with E-state index in [2.05, 4.69) is 10.6 Å². The zero-order chi connectivity index (χ0) is 21.8. The number of rotatable bonds is 6. The van der Waals surface area contributed by atoms with E-state index in [1.165, 1.54) is 43.9 Å². The first kappa shape index (κ1) is 24.3. The van der Waals surface area contributed by atoms with Crippen LogP contribution in [0, 0.1) is 17.8 Å². The first-order valence-electron chi connectivity index (χ1n) is 11.6. The average molecular weight is 445 g/mol. The zero-order valence-electron chi connectivity index (χ0n) is 18.5. The minimum atomic E-state index is -1.30. The fourth-order valence-electron chi connectivity index (χ4n) is 5.44. The van der Waals surface area contributed by atoms with Gasteiger partial charge in [-0.3, -0.25) is 4.79 Å². The van der Waals surface area contributed by atoms with Gasteiger partial charge in [-0.15, -0.1) is 11.8 Å². The lowest BCUT2D eigenvalue weighted by Gasteiger charge is -2.44. The minimum absolute atomic E-state index is 0.00344. The molecule has 0 spiro atoms. The Kier molecular flexibility index (Phi) is 8.87. The fraction of sp³-hybridized carbons (Fsp3) is 0.955.